The number of rotatable bonds is 0. The first-order valence-electron chi connectivity index (χ1n) is 15.4. The van der Waals surface area contributed by atoms with Crippen LogP contribution >= 0.6 is 0 Å². The van der Waals surface area contributed by atoms with Gasteiger partial charge in [0, 0.05) is 37.8 Å². The van der Waals surface area contributed by atoms with Gasteiger partial charge >= 0.3 is 0 Å². The van der Waals surface area contributed by atoms with E-state index in [1.807, 2.05) is 13.8 Å². The van der Waals surface area contributed by atoms with Crippen molar-refractivity contribution < 1.29 is 14.2 Å². The third-order valence-electron chi connectivity index (χ3n) is 8.79. The van der Waals surface area contributed by atoms with Crippen LogP contribution in [0.2, 0.25) is 0 Å². The summed E-state index contributed by atoms with van der Waals surface area (Å²) in [5.41, 5.74) is 1.28. The molecule has 0 aromatic carbocycles. The Morgan fingerprint density at radius 3 is 1.27 bits per heavy atom. The first kappa shape index (κ1) is 34.8. The van der Waals surface area contributed by atoms with Crippen molar-refractivity contribution in [3.05, 3.63) is 0 Å². The molecule has 0 aromatic heterocycles. The van der Waals surface area contributed by atoms with Gasteiger partial charge in [-0.05, 0) is 81.2 Å². The largest absolute Gasteiger partial charge is 0.381 e. The highest BCUT2D eigenvalue weighted by Crippen LogP contribution is 2.47. The molecule has 4 aliphatic heterocycles. The molecule has 1 aliphatic carbocycles. The van der Waals surface area contributed by atoms with Crippen molar-refractivity contribution in [1.29, 1.82) is 0 Å². The van der Waals surface area contributed by atoms with Crippen molar-refractivity contribution in [2.75, 3.05) is 65.8 Å². The summed E-state index contributed by atoms with van der Waals surface area (Å²) in [6, 6.07) is 0. The standard InChI is InChI=1S/C9H18O.C8H17NO.C7H14O.C6H11N.C2H6/c1-9(2,3)8-4-6-10-7-5-8;1-8(2,3)9-4-6-10-7-5-9;1-7(2,3)6-4-8-5-6;1-4-5-2-7-3-6(4)5;1-2/h8H,4-7H2,1-3H3;4-7H2,1-3H3;6H,4-5H2,1-3H3;4-7H,2-3H2,1H3;1-2H3/t;;;4?,5-,6+;. The molecule has 0 amide bonds. The monoisotopic (exact) mass is 527 g/mol. The maximum Gasteiger partial charge on any atom is 0.0594 e. The summed E-state index contributed by atoms with van der Waals surface area (Å²) >= 11 is 0. The summed E-state index contributed by atoms with van der Waals surface area (Å²) in [7, 11) is 0. The third kappa shape index (κ3) is 13.1. The van der Waals surface area contributed by atoms with Crippen molar-refractivity contribution in [1.82, 2.24) is 10.2 Å². The van der Waals surface area contributed by atoms with E-state index in [0.29, 0.717) is 16.4 Å². The van der Waals surface area contributed by atoms with Crippen LogP contribution in [0.15, 0.2) is 0 Å². The number of fused-ring (bicyclic) bond motifs is 1. The predicted molar refractivity (Wildman–Crippen MR) is 159 cm³/mol. The highest BCUT2D eigenvalue weighted by molar-refractivity contribution is 5.01. The van der Waals surface area contributed by atoms with Gasteiger partial charge < -0.3 is 19.5 Å². The van der Waals surface area contributed by atoms with Gasteiger partial charge in [0.1, 0.15) is 0 Å². The van der Waals surface area contributed by atoms with E-state index < -0.39 is 0 Å². The number of nitrogens with one attached hydrogen (secondary N) is 1. The van der Waals surface area contributed by atoms with Crippen LogP contribution < -0.4 is 5.32 Å². The summed E-state index contributed by atoms with van der Waals surface area (Å²) in [4.78, 5) is 2.45. The van der Waals surface area contributed by atoms with Gasteiger partial charge in [0.2, 0.25) is 0 Å². The Hall–Kier alpha value is -0.200. The minimum Gasteiger partial charge on any atom is -0.381 e. The number of nitrogens with zero attached hydrogens (tertiary/aromatic N) is 1. The van der Waals surface area contributed by atoms with Crippen LogP contribution in [0, 0.1) is 40.4 Å². The third-order valence-corrected chi connectivity index (χ3v) is 8.79. The summed E-state index contributed by atoms with van der Waals surface area (Å²) in [5.74, 6) is 4.88. The van der Waals surface area contributed by atoms with Gasteiger partial charge in [0.05, 0.1) is 26.4 Å². The topological polar surface area (TPSA) is 43.0 Å². The van der Waals surface area contributed by atoms with Crippen LogP contribution in [-0.4, -0.2) is 76.3 Å². The minimum absolute atomic E-state index is 0.323. The lowest BCUT2D eigenvalue weighted by Gasteiger charge is -2.38. The maximum absolute atomic E-state index is 5.29. The fourth-order valence-electron chi connectivity index (χ4n) is 5.26. The normalized spacial score (nSPS) is 28.4. The van der Waals surface area contributed by atoms with Crippen LogP contribution in [0.3, 0.4) is 0 Å². The second-order valence-corrected chi connectivity index (χ2v) is 14.5. The van der Waals surface area contributed by atoms with Gasteiger partial charge in [-0.25, -0.2) is 0 Å². The molecule has 5 heteroatoms. The molecule has 5 nitrogen and oxygen atoms in total. The summed E-state index contributed by atoms with van der Waals surface area (Å²) in [6.07, 6.45) is 2.51. The van der Waals surface area contributed by atoms with Gasteiger partial charge in [0.25, 0.3) is 0 Å². The molecule has 0 bridgehead atoms. The highest BCUT2D eigenvalue weighted by atomic mass is 16.5. The van der Waals surface area contributed by atoms with E-state index in [9.17, 15) is 0 Å². The molecule has 222 valence electrons. The zero-order valence-corrected chi connectivity index (χ0v) is 27.0. The number of hydrogen-bond acceptors (Lipinski definition) is 5. The van der Waals surface area contributed by atoms with Crippen LogP contribution in [0.1, 0.15) is 95.9 Å². The molecular weight excluding hydrogens is 460 g/mol. The van der Waals surface area contributed by atoms with Gasteiger partial charge in [-0.3, -0.25) is 4.90 Å². The van der Waals surface area contributed by atoms with Crippen molar-refractivity contribution in [2.45, 2.75) is 101 Å². The molecule has 1 unspecified atom stereocenters. The fraction of sp³-hybridized carbons (Fsp3) is 1.00. The molecule has 0 radical (unpaired) electrons. The molecule has 5 rings (SSSR count). The first-order valence-corrected chi connectivity index (χ1v) is 15.4. The lowest BCUT2D eigenvalue weighted by atomic mass is 9.76. The molecule has 4 heterocycles. The van der Waals surface area contributed by atoms with Crippen molar-refractivity contribution in [3.63, 3.8) is 0 Å². The summed E-state index contributed by atoms with van der Waals surface area (Å²) < 4.78 is 15.6. The van der Waals surface area contributed by atoms with E-state index in [4.69, 9.17) is 14.2 Å². The second kappa shape index (κ2) is 16.2. The fourth-order valence-corrected chi connectivity index (χ4v) is 5.26. The van der Waals surface area contributed by atoms with E-state index in [-0.39, 0.29) is 0 Å². The van der Waals surface area contributed by atoms with E-state index in [1.165, 1.54) is 25.9 Å². The Morgan fingerprint density at radius 1 is 0.622 bits per heavy atom. The molecule has 37 heavy (non-hydrogen) atoms. The molecule has 3 atom stereocenters. The Morgan fingerprint density at radius 2 is 1.05 bits per heavy atom. The smallest absolute Gasteiger partial charge is 0.0594 e. The first-order chi connectivity index (χ1) is 17.2. The van der Waals surface area contributed by atoms with E-state index >= 15 is 0 Å². The van der Waals surface area contributed by atoms with Gasteiger partial charge in [-0.15, -0.1) is 0 Å². The highest BCUT2D eigenvalue weighted by Gasteiger charge is 2.49. The van der Waals surface area contributed by atoms with Gasteiger partial charge in [-0.1, -0.05) is 62.3 Å². The molecular formula is C32H66N2O3. The Labute approximate surface area is 232 Å². The number of morpholine rings is 1. The predicted octanol–water partition coefficient (Wildman–Crippen LogP) is 6.75. The lowest BCUT2D eigenvalue weighted by molar-refractivity contribution is -0.0821. The maximum atomic E-state index is 5.29. The molecule has 0 spiro atoms. The molecule has 4 saturated heterocycles. The number of hydrogen-bond donors (Lipinski definition) is 1. The number of ether oxygens (including phenoxy) is 3. The van der Waals surface area contributed by atoms with Crippen molar-refractivity contribution in [2.24, 2.45) is 40.4 Å². The second-order valence-electron chi connectivity index (χ2n) is 14.5. The number of piperidine rings is 1. The average molecular weight is 527 g/mol. The van der Waals surface area contributed by atoms with E-state index in [0.717, 1.165) is 82.3 Å². The molecule has 5 fully saturated rings. The Kier molecular flexibility index (Phi) is 15.2. The Bertz CT molecular complexity index is 536. The zero-order chi connectivity index (χ0) is 28.3. The van der Waals surface area contributed by atoms with Gasteiger partial charge in [0.15, 0.2) is 0 Å². The molecule has 1 saturated carbocycles. The quantitative estimate of drug-likeness (QED) is 0.378. The van der Waals surface area contributed by atoms with Crippen molar-refractivity contribution >= 4 is 0 Å². The van der Waals surface area contributed by atoms with E-state index in [2.05, 4.69) is 79.5 Å². The minimum atomic E-state index is 0.323. The summed E-state index contributed by atoms with van der Waals surface area (Å²) in [6.45, 7) is 37.3. The van der Waals surface area contributed by atoms with Crippen LogP contribution in [0.4, 0.5) is 0 Å². The lowest BCUT2D eigenvalue weighted by Crippen LogP contribution is -2.47. The molecule has 1 N–H and O–H groups in total. The zero-order valence-electron chi connectivity index (χ0n) is 27.0. The average Bonchev–Trinajstić information content (AvgIpc) is 3.18. The van der Waals surface area contributed by atoms with Crippen LogP contribution in [0.25, 0.3) is 0 Å². The molecule has 0 aromatic rings. The van der Waals surface area contributed by atoms with E-state index in [1.54, 1.807) is 0 Å². The van der Waals surface area contributed by atoms with Gasteiger partial charge in [-0.2, -0.15) is 0 Å². The summed E-state index contributed by atoms with van der Waals surface area (Å²) in [5, 5.41) is 3.35. The SMILES string of the molecule is CC.CC(C)(C)C1CCOCC1.CC(C)(C)C1COC1.CC(C)(C)N1CCOCC1.CC1[C@H]2CNC[C@@H]12. The van der Waals surface area contributed by atoms with Crippen LogP contribution in [-0.2, 0) is 14.2 Å². The van der Waals surface area contributed by atoms with Crippen LogP contribution in [0.5, 0.6) is 0 Å². The molecule has 5 aliphatic rings. The Balaban J connectivity index is 0.000000243. The van der Waals surface area contributed by atoms with Crippen molar-refractivity contribution in [3.8, 4) is 0 Å².